The third-order valence-corrected chi connectivity index (χ3v) is 3.27. The molecule has 4 heteroatoms. The smallest absolute Gasteiger partial charge is 0.306 e. The van der Waals surface area contributed by atoms with Gasteiger partial charge in [-0.25, -0.2) is 0 Å². The van der Waals surface area contributed by atoms with Gasteiger partial charge in [0.05, 0.1) is 13.5 Å². The molecule has 0 spiro atoms. The second-order valence-corrected chi connectivity index (χ2v) is 4.55. The quantitative estimate of drug-likeness (QED) is 0.515. The summed E-state index contributed by atoms with van der Waals surface area (Å²) in [4.78, 5) is 15.8. The van der Waals surface area contributed by atoms with E-state index >= 15 is 0 Å². The first-order valence-electron chi connectivity index (χ1n) is 6.34. The molecule has 1 aliphatic heterocycles. The molecule has 0 amide bonds. The SMILES string of the molecule is C=C(CC)CN1CCN(CCC(=O)OC)CC1. The van der Waals surface area contributed by atoms with E-state index in [2.05, 4.69) is 28.0 Å². The summed E-state index contributed by atoms with van der Waals surface area (Å²) in [6.45, 7) is 12.2. The van der Waals surface area contributed by atoms with Crippen LogP contribution in [0.15, 0.2) is 12.2 Å². The average Bonchev–Trinajstić information content (AvgIpc) is 2.37. The highest BCUT2D eigenvalue weighted by atomic mass is 16.5. The van der Waals surface area contributed by atoms with Crippen LogP contribution >= 0.6 is 0 Å². The highest BCUT2D eigenvalue weighted by Crippen LogP contribution is 2.06. The fourth-order valence-electron chi connectivity index (χ4n) is 1.95. The Kier molecular flexibility index (Phi) is 6.22. The summed E-state index contributed by atoms with van der Waals surface area (Å²) < 4.78 is 4.64. The molecule has 0 unspecified atom stereocenters. The van der Waals surface area contributed by atoms with Crippen LogP contribution in [0.5, 0.6) is 0 Å². The number of carbonyl (C=O) groups excluding carboxylic acids is 1. The molecule has 1 heterocycles. The number of ether oxygens (including phenoxy) is 1. The van der Waals surface area contributed by atoms with E-state index in [0.717, 1.165) is 45.7 Å². The molecule has 1 fully saturated rings. The van der Waals surface area contributed by atoms with Crippen molar-refractivity contribution in [3.8, 4) is 0 Å². The Morgan fingerprint density at radius 2 is 1.82 bits per heavy atom. The van der Waals surface area contributed by atoms with E-state index in [-0.39, 0.29) is 5.97 Å². The van der Waals surface area contributed by atoms with Gasteiger partial charge in [-0.2, -0.15) is 0 Å². The number of piperazine rings is 1. The first-order chi connectivity index (χ1) is 8.15. The predicted octanol–water partition coefficient (Wildman–Crippen LogP) is 1.13. The molecule has 4 nitrogen and oxygen atoms in total. The summed E-state index contributed by atoms with van der Waals surface area (Å²) in [5, 5.41) is 0. The van der Waals surface area contributed by atoms with Crippen molar-refractivity contribution in [2.45, 2.75) is 19.8 Å². The molecule has 0 aromatic carbocycles. The highest BCUT2D eigenvalue weighted by molar-refractivity contribution is 5.69. The van der Waals surface area contributed by atoms with Crippen LogP contribution in [0, 0.1) is 0 Å². The molecule has 0 aromatic heterocycles. The minimum absolute atomic E-state index is 0.119. The number of hydrogen-bond donors (Lipinski definition) is 0. The molecule has 17 heavy (non-hydrogen) atoms. The fourth-order valence-corrected chi connectivity index (χ4v) is 1.95. The third-order valence-electron chi connectivity index (χ3n) is 3.27. The zero-order chi connectivity index (χ0) is 12.7. The Balaban J connectivity index is 2.17. The highest BCUT2D eigenvalue weighted by Gasteiger charge is 2.17. The lowest BCUT2D eigenvalue weighted by atomic mass is 10.2. The van der Waals surface area contributed by atoms with Crippen LogP contribution in [0.2, 0.25) is 0 Å². The maximum absolute atomic E-state index is 11.0. The topological polar surface area (TPSA) is 32.8 Å². The normalized spacial score (nSPS) is 18.0. The molecule has 0 saturated carbocycles. The van der Waals surface area contributed by atoms with E-state index in [0.29, 0.717) is 6.42 Å². The van der Waals surface area contributed by atoms with Crippen LogP contribution in [0.1, 0.15) is 19.8 Å². The van der Waals surface area contributed by atoms with Gasteiger partial charge in [0.25, 0.3) is 0 Å². The molecule has 0 radical (unpaired) electrons. The van der Waals surface area contributed by atoms with Crippen LogP contribution in [-0.4, -0.2) is 62.1 Å². The first kappa shape index (κ1) is 14.2. The van der Waals surface area contributed by atoms with Crippen molar-refractivity contribution in [2.75, 3.05) is 46.4 Å². The number of nitrogens with zero attached hydrogens (tertiary/aromatic N) is 2. The zero-order valence-electron chi connectivity index (χ0n) is 11.1. The number of rotatable bonds is 6. The molecular formula is C13H24N2O2. The zero-order valence-corrected chi connectivity index (χ0v) is 11.1. The van der Waals surface area contributed by atoms with E-state index < -0.39 is 0 Å². The van der Waals surface area contributed by atoms with Gasteiger partial charge in [0.2, 0.25) is 0 Å². The molecule has 1 aliphatic rings. The van der Waals surface area contributed by atoms with Gasteiger partial charge in [0, 0.05) is 39.3 Å². The molecular weight excluding hydrogens is 216 g/mol. The Morgan fingerprint density at radius 3 is 2.35 bits per heavy atom. The van der Waals surface area contributed by atoms with Gasteiger partial charge >= 0.3 is 5.97 Å². The molecule has 0 N–H and O–H groups in total. The van der Waals surface area contributed by atoms with Gasteiger partial charge < -0.3 is 9.64 Å². The van der Waals surface area contributed by atoms with Crippen molar-refractivity contribution in [1.82, 2.24) is 9.80 Å². The van der Waals surface area contributed by atoms with Gasteiger partial charge in [-0.15, -0.1) is 0 Å². The molecule has 1 saturated heterocycles. The van der Waals surface area contributed by atoms with Crippen LogP contribution in [0.3, 0.4) is 0 Å². The van der Waals surface area contributed by atoms with Crippen LogP contribution in [0.25, 0.3) is 0 Å². The number of hydrogen-bond acceptors (Lipinski definition) is 4. The van der Waals surface area contributed by atoms with E-state index in [9.17, 15) is 4.79 Å². The van der Waals surface area contributed by atoms with Gasteiger partial charge in [-0.05, 0) is 6.42 Å². The van der Waals surface area contributed by atoms with Crippen LogP contribution in [-0.2, 0) is 9.53 Å². The maximum atomic E-state index is 11.0. The van der Waals surface area contributed by atoms with Gasteiger partial charge in [0.15, 0.2) is 0 Å². The number of methoxy groups -OCH3 is 1. The second kappa shape index (κ2) is 7.45. The maximum Gasteiger partial charge on any atom is 0.306 e. The summed E-state index contributed by atoms with van der Waals surface area (Å²) in [5.41, 5.74) is 1.30. The molecule has 0 atom stereocenters. The monoisotopic (exact) mass is 240 g/mol. The lowest BCUT2D eigenvalue weighted by Gasteiger charge is -2.34. The van der Waals surface area contributed by atoms with Crippen molar-refractivity contribution >= 4 is 5.97 Å². The molecule has 1 rings (SSSR count). The molecule has 0 aromatic rings. The second-order valence-electron chi connectivity index (χ2n) is 4.55. The third kappa shape index (κ3) is 5.33. The number of esters is 1. The average molecular weight is 240 g/mol. The molecule has 98 valence electrons. The lowest BCUT2D eigenvalue weighted by molar-refractivity contribution is -0.141. The van der Waals surface area contributed by atoms with Crippen molar-refractivity contribution in [2.24, 2.45) is 0 Å². The Bertz CT molecular complexity index is 258. The summed E-state index contributed by atoms with van der Waals surface area (Å²) >= 11 is 0. The van der Waals surface area contributed by atoms with Crippen molar-refractivity contribution in [3.63, 3.8) is 0 Å². The van der Waals surface area contributed by atoms with E-state index in [1.54, 1.807) is 0 Å². The lowest BCUT2D eigenvalue weighted by Crippen LogP contribution is -2.47. The Morgan fingerprint density at radius 1 is 1.24 bits per heavy atom. The van der Waals surface area contributed by atoms with Crippen molar-refractivity contribution < 1.29 is 9.53 Å². The minimum atomic E-state index is -0.119. The van der Waals surface area contributed by atoms with E-state index in [1.165, 1.54) is 12.7 Å². The Labute approximate surface area is 104 Å². The van der Waals surface area contributed by atoms with Gasteiger partial charge in [0.1, 0.15) is 0 Å². The first-order valence-corrected chi connectivity index (χ1v) is 6.34. The fraction of sp³-hybridized carbons (Fsp3) is 0.769. The number of carbonyl (C=O) groups is 1. The summed E-state index contributed by atoms with van der Waals surface area (Å²) in [5.74, 6) is -0.119. The van der Waals surface area contributed by atoms with Gasteiger partial charge in [-0.1, -0.05) is 19.1 Å². The summed E-state index contributed by atoms with van der Waals surface area (Å²) in [6.07, 6.45) is 1.56. The van der Waals surface area contributed by atoms with Gasteiger partial charge in [-0.3, -0.25) is 9.69 Å². The van der Waals surface area contributed by atoms with Crippen molar-refractivity contribution in [1.29, 1.82) is 0 Å². The summed E-state index contributed by atoms with van der Waals surface area (Å²) in [7, 11) is 1.44. The van der Waals surface area contributed by atoms with Crippen LogP contribution < -0.4 is 0 Å². The van der Waals surface area contributed by atoms with Crippen LogP contribution in [0.4, 0.5) is 0 Å². The standard InChI is InChI=1S/C13H24N2O2/c1-4-12(2)11-15-9-7-14(8-10-15)6-5-13(16)17-3/h2,4-11H2,1,3H3. The van der Waals surface area contributed by atoms with Crippen molar-refractivity contribution in [3.05, 3.63) is 12.2 Å². The summed E-state index contributed by atoms with van der Waals surface area (Å²) in [6, 6.07) is 0. The molecule has 0 bridgehead atoms. The largest absolute Gasteiger partial charge is 0.469 e. The van der Waals surface area contributed by atoms with E-state index in [4.69, 9.17) is 0 Å². The van der Waals surface area contributed by atoms with E-state index in [1.807, 2.05) is 0 Å². The molecule has 0 aliphatic carbocycles. The minimum Gasteiger partial charge on any atom is -0.469 e. The predicted molar refractivity (Wildman–Crippen MR) is 68.9 cm³/mol. The Hall–Kier alpha value is -0.870.